The van der Waals surface area contributed by atoms with E-state index in [1.807, 2.05) is 25.5 Å². The van der Waals surface area contributed by atoms with Gasteiger partial charge in [-0.2, -0.15) is 0 Å². The van der Waals surface area contributed by atoms with E-state index >= 15 is 0 Å². The molecule has 4 nitrogen and oxygen atoms in total. The number of rotatable bonds is 6. The summed E-state index contributed by atoms with van der Waals surface area (Å²) in [6.07, 6.45) is 6.27. The van der Waals surface area contributed by atoms with Crippen LogP contribution in [-0.4, -0.2) is 16.7 Å². The fourth-order valence-corrected chi connectivity index (χ4v) is 2.48. The number of hydrogen-bond donors (Lipinski definition) is 1. The van der Waals surface area contributed by atoms with E-state index in [1.54, 1.807) is 6.07 Å². The number of aromatic nitrogens is 2. The van der Waals surface area contributed by atoms with Crippen molar-refractivity contribution in [2.24, 2.45) is 0 Å². The maximum atomic E-state index is 13.7. The topological polar surface area (TPSA) is 39.1 Å². The number of hydrogen-bond acceptors (Lipinski definition) is 3. The highest BCUT2D eigenvalue weighted by Gasteiger charge is 2.25. The van der Waals surface area contributed by atoms with Crippen molar-refractivity contribution in [2.45, 2.75) is 38.4 Å². The van der Waals surface area contributed by atoms with Gasteiger partial charge in [-0.15, -0.1) is 0 Å². The van der Waals surface area contributed by atoms with Gasteiger partial charge in [0.2, 0.25) is 0 Å². The van der Waals surface area contributed by atoms with E-state index in [1.165, 1.54) is 31.7 Å². The average Bonchev–Trinajstić information content (AvgIpc) is 3.23. The van der Waals surface area contributed by atoms with E-state index < -0.39 is 0 Å². The summed E-state index contributed by atoms with van der Waals surface area (Å²) >= 11 is 0. The molecule has 1 aliphatic carbocycles. The SMILES string of the molecule is COc1ccc(C(C)NCc2cncn2C2CC2)cc1F. The van der Waals surface area contributed by atoms with Crippen LogP contribution in [0, 0.1) is 5.82 Å². The molecule has 2 aromatic rings. The van der Waals surface area contributed by atoms with Crippen molar-refractivity contribution in [3.8, 4) is 5.75 Å². The Hall–Kier alpha value is -1.88. The number of benzene rings is 1. The van der Waals surface area contributed by atoms with Crippen LogP contribution in [0.3, 0.4) is 0 Å². The fourth-order valence-electron chi connectivity index (χ4n) is 2.48. The lowest BCUT2D eigenvalue weighted by Gasteiger charge is -2.16. The zero-order chi connectivity index (χ0) is 14.8. The Bertz CT molecular complexity index is 622. The van der Waals surface area contributed by atoms with Gasteiger partial charge in [0.05, 0.1) is 19.1 Å². The van der Waals surface area contributed by atoms with E-state index in [-0.39, 0.29) is 17.6 Å². The average molecular weight is 289 g/mol. The maximum absolute atomic E-state index is 13.7. The van der Waals surface area contributed by atoms with Gasteiger partial charge >= 0.3 is 0 Å². The van der Waals surface area contributed by atoms with Crippen LogP contribution in [0.1, 0.15) is 43.1 Å². The van der Waals surface area contributed by atoms with Crippen molar-refractivity contribution < 1.29 is 9.13 Å². The quantitative estimate of drug-likeness (QED) is 0.887. The molecule has 0 saturated heterocycles. The molecule has 112 valence electrons. The summed E-state index contributed by atoms with van der Waals surface area (Å²) in [4.78, 5) is 4.22. The number of halogens is 1. The van der Waals surface area contributed by atoms with Crippen LogP contribution >= 0.6 is 0 Å². The zero-order valence-electron chi connectivity index (χ0n) is 12.3. The van der Waals surface area contributed by atoms with Gasteiger partial charge in [0.15, 0.2) is 11.6 Å². The van der Waals surface area contributed by atoms with Crippen molar-refractivity contribution >= 4 is 0 Å². The molecule has 5 heteroatoms. The minimum Gasteiger partial charge on any atom is -0.494 e. The molecule has 0 amide bonds. The first kappa shape index (κ1) is 14.1. The van der Waals surface area contributed by atoms with Gasteiger partial charge in [-0.05, 0) is 37.5 Å². The Morgan fingerprint density at radius 1 is 1.48 bits per heavy atom. The van der Waals surface area contributed by atoms with Crippen LogP contribution < -0.4 is 10.1 Å². The molecule has 1 saturated carbocycles. The van der Waals surface area contributed by atoms with Gasteiger partial charge in [0, 0.05) is 24.8 Å². The van der Waals surface area contributed by atoms with E-state index in [0.717, 1.165) is 12.1 Å². The summed E-state index contributed by atoms with van der Waals surface area (Å²) in [5.41, 5.74) is 2.09. The molecular formula is C16H20FN3O. The molecule has 1 heterocycles. The second-order valence-corrected chi connectivity index (χ2v) is 5.52. The molecule has 1 unspecified atom stereocenters. The number of nitrogens with one attached hydrogen (secondary N) is 1. The van der Waals surface area contributed by atoms with Gasteiger partial charge in [-0.1, -0.05) is 6.07 Å². The first-order valence-electron chi connectivity index (χ1n) is 7.26. The van der Waals surface area contributed by atoms with Gasteiger partial charge in [-0.25, -0.2) is 9.37 Å². The lowest BCUT2D eigenvalue weighted by atomic mass is 10.1. The van der Waals surface area contributed by atoms with Crippen LogP contribution in [0.4, 0.5) is 4.39 Å². The monoisotopic (exact) mass is 289 g/mol. The Kier molecular flexibility index (Phi) is 3.92. The maximum Gasteiger partial charge on any atom is 0.165 e. The molecule has 0 bridgehead atoms. The highest BCUT2D eigenvalue weighted by molar-refractivity contribution is 5.30. The summed E-state index contributed by atoms with van der Waals surface area (Å²) in [5.74, 6) is -0.0515. The van der Waals surface area contributed by atoms with Gasteiger partial charge in [-0.3, -0.25) is 0 Å². The second-order valence-electron chi connectivity index (χ2n) is 5.52. The smallest absolute Gasteiger partial charge is 0.165 e. The summed E-state index contributed by atoms with van der Waals surface area (Å²) in [6, 6.07) is 5.76. The van der Waals surface area contributed by atoms with E-state index in [2.05, 4.69) is 14.9 Å². The summed E-state index contributed by atoms with van der Waals surface area (Å²) in [7, 11) is 1.47. The summed E-state index contributed by atoms with van der Waals surface area (Å²) in [5, 5.41) is 3.42. The minimum absolute atomic E-state index is 0.0629. The second kappa shape index (κ2) is 5.85. The van der Waals surface area contributed by atoms with Crippen molar-refractivity contribution in [2.75, 3.05) is 7.11 Å². The molecule has 1 aromatic carbocycles. The Balaban J connectivity index is 1.64. The standard InChI is InChI=1S/C16H20FN3O/c1-11(12-3-6-16(21-2)15(17)7-12)19-9-14-8-18-10-20(14)13-4-5-13/h3,6-8,10-11,13,19H,4-5,9H2,1-2H3. The highest BCUT2D eigenvalue weighted by atomic mass is 19.1. The number of nitrogens with zero attached hydrogens (tertiary/aromatic N) is 2. The molecule has 21 heavy (non-hydrogen) atoms. The number of methoxy groups -OCH3 is 1. The third-order valence-electron chi connectivity index (χ3n) is 3.95. The minimum atomic E-state index is -0.327. The van der Waals surface area contributed by atoms with Crippen molar-refractivity contribution in [1.82, 2.24) is 14.9 Å². The van der Waals surface area contributed by atoms with E-state index in [4.69, 9.17) is 4.74 Å². The summed E-state index contributed by atoms with van der Waals surface area (Å²) < 4.78 is 20.9. The van der Waals surface area contributed by atoms with Crippen molar-refractivity contribution in [3.63, 3.8) is 0 Å². The first-order valence-corrected chi connectivity index (χ1v) is 7.26. The molecule has 1 aromatic heterocycles. The van der Waals surface area contributed by atoms with Gasteiger partial charge in [0.25, 0.3) is 0 Å². The Morgan fingerprint density at radius 2 is 2.29 bits per heavy atom. The lowest BCUT2D eigenvalue weighted by Crippen LogP contribution is -2.20. The molecular weight excluding hydrogens is 269 g/mol. The first-order chi connectivity index (χ1) is 10.2. The largest absolute Gasteiger partial charge is 0.494 e. The molecule has 3 rings (SSSR count). The third kappa shape index (κ3) is 3.08. The van der Waals surface area contributed by atoms with Crippen molar-refractivity contribution in [3.05, 3.63) is 47.8 Å². The molecule has 0 radical (unpaired) electrons. The highest BCUT2D eigenvalue weighted by Crippen LogP contribution is 2.35. The van der Waals surface area contributed by atoms with E-state index in [0.29, 0.717) is 6.04 Å². The molecule has 0 aliphatic heterocycles. The van der Waals surface area contributed by atoms with Crippen LogP contribution in [0.15, 0.2) is 30.7 Å². The number of ether oxygens (including phenoxy) is 1. The third-order valence-corrected chi connectivity index (χ3v) is 3.95. The summed E-state index contributed by atoms with van der Waals surface area (Å²) in [6.45, 7) is 2.75. The molecule has 1 aliphatic rings. The predicted octanol–water partition coefficient (Wildman–Crippen LogP) is 3.22. The van der Waals surface area contributed by atoms with Crippen LogP contribution in [0.25, 0.3) is 0 Å². The number of imidazole rings is 1. The molecule has 1 N–H and O–H groups in total. The predicted molar refractivity (Wildman–Crippen MR) is 78.7 cm³/mol. The normalized spacial score (nSPS) is 16.0. The molecule has 1 atom stereocenters. The molecule has 0 spiro atoms. The fraction of sp³-hybridized carbons (Fsp3) is 0.438. The molecule has 1 fully saturated rings. The van der Waals surface area contributed by atoms with Crippen LogP contribution in [0.5, 0.6) is 5.75 Å². The zero-order valence-corrected chi connectivity index (χ0v) is 12.3. The van der Waals surface area contributed by atoms with Crippen LogP contribution in [-0.2, 0) is 6.54 Å². The Labute approximate surface area is 124 Å². The van der Waals surface area contributed by atoms with Gasteiger partial charge < -0.3 is 14.6 Å². The van der Waals surface area contributed by atoms with Crippen LogP contribution in [0.2, 0.25) is 0 Å². The Morgan fingerprint density at radius 3 is 2.95 bits per heavy atom. The van der Waals surface area contributed by atoms with E-state index in [9.17, 15) is 4.39 Å². The van der Waals surface area contributed by atoms with Crippen molar-refractivity contribution in [1.29, 1.82) is 0 Å². The lowest BCUT2D eigenvalue weighted by molar-refractivity contribution is 0.385. The van der Waals surface area contributed by atoms with Gasteiger partial charge in [0.1, 0.15) is 0 Å².